The predicted molar refractivity (Wildman–Crippen MR) is 111 cm³/mol. The Balaban J connectivity index is 1.52. The molecule has 1 aliphatic heterocycles. The summed E-state index contributed by atoms with van der Waals surface area (Å²) in [5.41, 5.74) is 3.38. The molecular formula is C22H30N2O4S. The highest BCUT2D eigenvalue weighted by atomic mass is 32.2. The largest absolute Gasteiger partial charge is 0.296 e. The molecule has 1 aromatic carbocycles. The second-order valence-electron chi connectivity index (χ2n) is 9.22. The first kappa shape index (κ1) is 20.6. The molecule has 0 radical (unpaired) electrons. The third kappa shape index (κ3) is 3.14. The van der Waals surface area contributed by atoms with Crippen LogP contribution in [0.25, 0.3) is 0 Å². The van der Waals surface area contributed by atoms with Crippen LogP contribution in [0, 0.1) is 16.7 Å². The van der Waals surface area contributed by atoms with E-state index in [1.54, 1.807) is 6.08 Å². The van der Waals surface area contributed by atoms with E-state index in [9.17, 15) is 13.2 Å². The normalized spacial score (nSPS) is 32.1. The molecule has 1 heterocycles. The molecule has 0 aromatic heterocycles. The van der Waals surface area contributed by atoms with Gasteiger partial charge in [0.15, 0.2) is 0 Å². The Kier molecular flexibility index (Phi) is 5.12. The Morgan fingerprint density at radius 1 is 1.38 bits per heavy atom. The highest BCUT2D eigenvalue weighted by molar-refractivity contribution is 7.90. The molecule has 7 heteroatoms. The molecule has 29 heavy (non-hydrogen) atoms. The molecule has 3 fully saturated rings. The van der Waals surface area contributed by atoms with Gasteiger partial charge in [-0.2, -0.15) is 5.48 Å². The number of sulfonamides is 1. The van der Waals surface area contributed by atoms with Crippen molar-refractivity contribution in [3.8, 4) is 0 Å². The topological polar surface area (TPSA) is 75.7 Å². The van der Waals surface area contributed by atoms with Crippen LogP contribution in [0.2, 0.25) is 0 Å². The number of rotatable bonds is 7. The van der Waals surface area contributed by atoms with Gasteiger partial charge in [-0.05, 0) is 42.6 Å². The molecule has 1 spiro atoms. The molecule has 158 valence electrons. The van der Waals surface area contributed by atoms with E-state index in [-0.39, 0.29) is 29.2 Å². The second-order valence-corrected chi connectivity index (χ2v) is 11.1. The van der Waals surface area contributed by atoms with Gasteiger partial charge in [0.2, 0.25) is 10.0 Å². The Morgan fingerprint density at radius 2 is 2.10 bits per heavy atom. The molecule has 0 unspecified atom stereocenters. The number of hydrogen-bond acceptors (Lipinski definition) is 5. The first-order valence-corrected chi connectivity index (χ1v) is 11.9. The lowest BCUT2D eigenvalue weighted by molar-refractivity contribution is -0.136. The molecule has 1 N–H and O–H groups in total. The third-order valence-electron chi connectivity index (χ3n) is 7.64. The minimum Gasteiger partial charge on any atom is -0.296 e. The van der Waals surface area contributed by atoms with Gasteiger partial charge >= 0.3 is 0 Å². The van der Waals surface area contributed by atoms with Crippen LogP contribution >= 0.6 is 0 Å². The van der Waals surface area contributed by atoms with Gasteiger partial charge in [-0.3, -0.25) is 9.63 Å². The van der Waals surface area contributed by atoms with E-state index in [2.05, 4.69) is 25.9 Å². The molecule has 2 bridgehead atoms. The van der Waals surface area contributed by atoms with Crippen LogP contribution in [-0.2, 0) is 26.3 Å². The Labute approximate surface area is 173 Å². The van der Waals surface area contributed by atoms with Gasteiger partial charge in [-0.1, -0.05) is 50.3 Å². The fourth-order valence-corrected chi connectivity index (χ4v) is 8.47. The maximum Gasteiger partial charge on any atom is 0.256 e. The summed E-state index contributed by atoms with van der Waals surface area (Å²) in [4.78, 5) is 18.9. The average Bonchev–Trinajstić information content (AvgIpc) is 3.15. The van der Waals surface area contributed by atoms with Crippen molar-refractivity contribution in [2.45, 2.75) is 58.2 Å². The Hall–Kier alpha value is -1.70. The molecule has 1 amide bonds. The number of hydrogen-bond donors (Lipinski definition) is 1. The lowest BCUT2D eigenvalue weighted by Crippen LogP contribution is -2.51. The summed E-state index contributed by atoms with van der Waals surface area (Å²) in [6, 6.07) is 8.60. The van der Waals surface area contributed by atoms with Gasteiger partial charge in [0, 0.05) is 5.41 Å². The molecule has 1 aromatic rings. The lowest BCUT2D eigenvalue weighted by Gasteiger charge is -2.37. The Morgan fingerprint density at radius 3 is 2.76 bits per heavy atom. The summed E-state index contributed by atoms with van der Waals surface area (Å²) >= 11 is 0. The molecular weight excluding hydrogens is 388 g/mol. The number of nitrogens with zero attached hydrogens (tertiary/aromatic N) is 1. The van der Waals surface area contributed by atoms with Crippen molar-refractivity contribution in [3.05, 3.63) is 48.6 Å². The molecule has 2 aliphatic carbocycles. The average molecular weight is 419 g/mol. The van der Waals surface area contributed by atoms with Gasteiger partial charge < -0.3 is 0 Å². The van der Waals surface area contributed by atoms with Crippen molar-refractivity contribution in [1.29, 1.82) is 0 Å². The minimum absolute atomic E-state index is 0.0645. The summed E-state index contributed by atoms with van der Waals surface area (Å²) in [6.07, 6.45) is 4.61. The maximum atomic E-state index is 13.4. The quantitative estimate of drug-likeness (QED) is 0.544. The van der Waals surface area contributed by atoms with E-state index in [1.165, 1.54) is 4.31 Å². The molecule has 1 saturated heterocycles. The molecule has 4 atom stereocenters. The number of carbonyl (C=O) groups excluding carboxylic acids is 1. The zero-order valence-corrected chi connectivity index (χ0v) is 18.0. The SMILES string of the molecule is C=CC[C@H](NOCc1ccccc1)C(=O)N1[C@@H]2C[C@H]3CC[C@]2(CS1(=O)=O)C3(C)C. The van der Waals surface area contributed by atoms with E-state index in [0.29, 0.717) is 12.3 Å². The number of nitrogens with one attached hydrogen (secondary N) is 1. The van der Waals surface area contributed by atoms with E-state index < -0.39 is 22.0 Å². The van der Waals surface area contributed by atoms with Crippen LogP contribution in [0.15, 0.2) is 43.0 Å². The van der Waals surface area contributed by atoms with Gasteiger partial charge in [0.1, 0.15) is 6.04 Å². The van der Waals surface area contributed by atoms with Crippen molar-refractivity contribution < 1.29 is 18.0 Å². The standard InChI is InChI=1S/C22H30N2O4S/c1-4-8-18(23-28-14-16-9-6-5-7-10-16)20(25)24-19-13-17-11-12-22(19,21(17,2)3)15-29(24,26)27/h4-7,9-10,17-19,23H,1,8,11-15H2,2-3H3/t17-,18+,19-,22-/m1/s1. The molecule has 2 saturated carbocycles. The van der Waals surface area contributed by atoms with E-state index in [4.69, 9.17) is 4.84 Å². The number of fused-ring (bicyclic) bond motifs is 1. The number of amides is 1. The summed E-state index contributed by atoms with van der Waals surface area (Å²) in [6.45, 7) is 8.37. The van der Waals surface area contributed by atoms with Gasteiger partial charge in [-0.25, -0.2) is 12.7 Å². The highest BCUT2D eigenvalue weighted by Crippen LogP contribution is 2.70. The smallest absolute Gasteiger partial charge is 0.256 e. The van der Waals surface area contributed by atoms with Crippen LogP contribution in [-0.4, -0.2) is 36.5 Å². The van der Waals surface area contributed by atoms with E-state index in [0.717, 1.165) is 24.8 Å². The van der Waals surface area contributed by atoms with Crippen LogP contribution in [0.1, 0.15) is 45.1 Å². The zero-order chi connectivity index (χ0) is 20.9. The van der Waals surface area contributed by atoms with Gasteiger partial charge in [0.25, 0.3) is 5.91 Å². The van der Waals surface area contributed by atoms with Crippen LogP contribution in [0.5, 0.6) is 0 Å². The summed E-state index contributed by atoms with van der Waals surface area (Å²) in [7, 11) is -3.65. The molecule has 3 aliphatic rings. The third-order valence-corrected chi connectivity index (χ3v) is 9.55. The minimum atomic E-state index is -3.65. The van der Waals surface area contributed by atoms with Crippen LogP contribution in [0.4, 0.5) is 0 Å². The summed E-state index contributed by atoms with van der Waals surface area (Å²) in [5, 5.41) is 0. The summed E-state index contributed by atoms with van der Waals surface area (Å²) < 4.78 is 27.4. The lowest BCUT2D eigenvalue weighted by atomic mass is 9.69. The monoisotopic (exact) mass is 418 g/mol. The van der Waals surface area contributed by atoms with Crippen LogP contribution in [0.3, 0.4) is 0 Å². The first-order chi connectivity index (χ1) is 13.7. The van der Waals surface area contributed by atoms with Crippen molar-refractivity contribution in [2.75, 3.05) is 5.75 Å². The van der Waals surface area contributed by atoms with Crippen molar-refractivity contribution in [3.63, 3.8) is 0 Å². The summed E-state index contributed by atoms with van der Waals surface area (Å²) in [5.74, 6) is 0.118. The molecule has 6 nitrogen and oxygen atoms in total. The van der Waals surface area contributed by atoms with Crippen molar-refractivity contribution in [1.82, 2.24) is 9.79 Å². The van der Waals surface area contributed by atoms with Crippen molar-refractivity contribution in [2.24, 2.45) is 16.7 Å². The number of benzene rings is 1. The molecule has 4 rings (SSSR count). The predicted octanol–water partition coefficient (Wildman–Crippen LogP) is 3.02. The first-order valence-electron chi connectivity index (χ1n) is 10.3. The Bertz CT molecular complexity index is 899. The van der Waals surface area contributed by atoms with Gasteiger partial charge in [0.05, 0.1) is 18.4 Å². The van der Waals surface area contributed by atoms with Crippen LogP contribution < -0.4 is 5.48 Å². The zero-order valence-electron chi connectivity index (χ0n) is 17.1. The fraction of sp³-hybridized carbons (Fsp3) is 0.591. The van der Waals surface area contributed by atoms with E-state index >= 15 is 0 Å². The number of hydroxylamine groups is 1. The number of carbonyl (C=O) groups is 1. The van der Waals surface area contributed by atoms with Crippen molar-refractivity contribution >= 4 is 15.9 Å². The fourth-order valence-electron chi connectivity index (χ4n) is 5.90. The second kappa shape index (κ2) is 7.22. The van der Waals surface area contributed by atoms with Gasteiger partial charge in [-0.15, -0.1) is 6.58 Å². The highest BCUT2D eigenvalue weighted by Gasteiger charge is 2.72. The maximum absolute atomic E-state index is 13.4. The van der Waals surface area contributed by atoms with E-state index in [1.807, 2.05) is 30.3 Å².